The van der Waals surface area contributed by atoms with E-state index in [1.165, 1.54) is 0 Å². The molecule has 10 nitrogen and oxygen atoms in total. The Labute approximate surface area is 223 Å². The zero-order valence-corrected chi connectivity index (χ0v) is 23.6. The van der Waals surface area contributed by atoms with Crippen LogP contribution in [0.25, 0.3) is 22.4 Å². The van der Waals surface area contributed by atoms with Crippen LogP contribution in [0.2, 0.25) is 0 Å². The zero-order chi connectivity index (χ0) is 28.2. The van der Waals surface area contributed by atoms with Gasteiger partial charge in [0.15, 0.2) is 0 Å². The van der Waals surface area contributed by atoms with E-state index in [1.54, 1.807) is 66.6 Å². The molecule has 2 atom stereocenters. The van der Waals surface area contributed by atoms with Gasteiger partial charge in [0.05, 0.1) is 36.4 Å². The third-order valence-corrected chi connectivity index (χ3v) is 6.13. The number of ether oxygens (including phenoxy) is 3. The third-order valence-electron chi connectivity index (χ3n) is 6.13. The zero-order valence-electron chi connectivity index (χ0n) is 23.6. The number of rotatable bonds is 11. The molecule has 0 fully saturated rings. The molecule has 0 aliphatic heterocycles. The van der Waals surface area contributed by atoms with Crippen molar-refractivity contribution >= 4 is 17.0 Å². The predicted octanol–water partition coefficient (Wildman–Crippen LogP) is 2.73. The summed E-state index contributed by atoms with van der Waals surface area (Å²) in [7, 11) is 5.01. The number of aryl methyl sites for hydroxylation is 2. The summed E-state index contributed by atoms with van der Waals surface area (Å²) < 4.78 is 20.1. The number of aliphatic hydroxyl groups excluding tert-OH is 1. The first kappa shape index (κ1) is 29.5. The van der Waals surface area contributed by atoms with E-state index in [0.29, 0.717) is 31.1 Å². The normalized spacial score (nSPS) is 13.7. The average Bonchev–Trinajstić information content (AvgIpc) is 3.19. The van der Waals surface area contributed by atoms with Gasteiger partial charge in [-0.25, -0.2) is 4.98 Å². The lowest BCUT2D eigenvalue weighted by Crippen LogP contribution is -2.47. The summed E-state index contributed by atoms with van der Waals surface area (Å²) in [6.45, 7) is 9.85. The van der Waals surface area contributed by atoms with Crippen molar-refractivity contribution in [2.45, 2.75) is 65.0 Å². The molecule has 0 saturated heterocycles. The summed E-state index contributed by atoms with van der Waals surface area (Å²) >= 11 is 0. The van der Waals surface area contributed by atoms with Gasteiger partial charge < -0.3 is 28.5 Å². The summed E-state index contributed by atoms with van der Waals surface area (Å²) in [6.07, 6.45) is 0.844. The van der Waals surface area contributed by atoms with E-state index in [9.17, 15) is 14.7 Å². The molecular weight excluding hydrogens is 488 g/mol. The average molecular weight is 529 g/mol. The highest BCUT2D eigenvalue weighted by molar-refractivity contribution is 5.82. The molecule has 0 bridgehead atoms. The number of nitrogens with zero attached hydrogens (tertiary/aromatic N) is 3. The quantitative estimate of drug-likeness (QED) is 0.365. The number of benzene rings is 1. The molecule has 1 aromatic carbocycles. The van der Waals surface area contributed by atoms with E-state index in [4.69, 9.17) is 19.2 Å². The molecule has 3 rings (SSSR count). The van der Waals surface area contributed by atoms with Gasteiger partial charge in [0, 0.05) is 45.1 Å². The molecule has 3 aromatic rings. The molecule has 0 amide bonds. The van der Waals surface area contributed by atoms with Crippen LogP contribution >= 0.6 is 0 Å². The maximum Gasteiger partial charge on any atom is 0.326 e. The van der Waals surface area contributed by atoms with Crippen LogP contribution in [0.4, 0.5) is 0 Å². The lowest BCUT2D eigenvalue weighted by molar-refractivity contribution is -0.160. The Bertz CT molecular complexity index is 1290. The first-order valence-corrected chi connectivity index (χ1v) is 12.7. The second-order valence-electron chi connectivity index (χ2n) is 10.7. The largest absolute Gasteiger partial charge is 0.459 e. The highest BCUT2D eigenvalue weighted by atomic mass is 16.6. The fourth-order valence-corrected chi connectivity index (χ4v) is 4.45. The molecule has 2 unspecified atom stereocenters. The number of aromatic nitrogens is 3. The predicted molar refractivity (Wildman–Crippen MR) is 146 cm³/mol. The van der Waals surface area contributed by atoms with Crippen LogP contribution < -0.4 is 10.9 Å². The van der Waals surface area contributed by atoms with Crippen molar-refractivity contribution in [2.24, 2.45) is 7.05 Å². The Balaban J connectivity index is 2.03. The van der Waals surface area contributed by atoms with Crippen LogP contribution in [-0.4, -0.2) is 70.4 Å². The lowest BCUT2D eigenvalue weighted by Gasteiger charge is -2.26. The van der Waals surface area contributed by atoms with Crippen molar-refractivity contribution in [2.75, 3.05) is 27.4 Å². The maximum atomic E-state index is 12.6. The first-order chi connectivity index (χ1) is 17.9. The van der Waals surface area contributed by atoms with E-state index in [-0.39, 0.29) is 11.6 Å². The van der Waals surface area contributed by atoms with Crippen LogP contribution in [0.5, 0.6) is 0 Å². The Kier molecular flexibility index (Phi) is 9.48. The number of aliphatic hydroxyl groups is 1. The number of hydrogen-bond donors (Lipinski definition) is 2. The van der Waals surface area contributed by atoms with Gasteiger partial charge >= 0.3 is 5.97 Å². The number of nitrogens with one attached hydrogen (secondary N) is 1. The van der Waals surface area contributed by atoms with Gasteiger partial charge in [-0.05, 0) is 58.4 Å². The van der Waals surface area contributed by atoms with Gasteiger partial charge in [0.25, 0.3) is 5.56 Å². The van der Waals surface area contributed by atoms with E-state index < -0.39 is 23.7 Å². The topological polar surface area (TPSA) is 117 Å². The monoisotopic (exact) mass is 528 g/mol. The fourth-order valence-electron chi connectivity index (χ4n) is 4.45. The maximum absolute atomic E-state index is 12.6. The number of pyridine rings is 1. The molecule has 2 aromatic heterocycles. The molecular formula is C28H40N4O6. The van der Waals surface area contributed by atoms with Gasteiger partial charge in [-0.3, -0.25) is 14.9 Å². The van der Waals surface area contributed by atoms with E-state index in [0.717, 1.165) is 22.2 Å². The van der Waals surface area contributed by atoms with Gasteiger partial charge in [-0.2, -0.15) is 0 Å². The number of methoxy groups -OCH3 is 2. The molecule has 0 saturated carbocycles. The number of esters is 1. The Hall–Kier alpha value is -3.05. The minimum Gasteiger partial charge on any atom is -0.459 e. The van der Waals surface area contributed by atoms with Crippen molar-refractivity contribution in [1.82, 2.24) is 19.4 Å². The Morgan fingerprint density at radius 3 is 2.37 bits per heavy atom. The van der Waals surface area contributed by atoms with Crippen molar-refractivity contribution in [3.05, 3.63) is 51.9 Å². The molecule has 0 spiro atoms. The molecule has 2 N–H and O–H groups in total. The molecule has 38 heavy (non-hydrogen) atoms. The molecule has 0 aliphatic carbocycles. The van der Waals surface area contributed by atoms with E-state index in [2.05, 4.69) is 9.88 Å². The van der Waals surface area contributed by atoms with Crippen LogP contribution in [0.1, 0.15) is 44.9 Å². The van der Waals surface area contributed by atoms with Gasteiger partial charge in [-0.15, -0.1) is 0 Å². The second kappa shape index (κ2) is 12.2. The molecule has 0 aliphatic rings. The van der Waals surface area contributed by atoms with Crippen molar-refractivity contribution in [3.8, 4) is 11.4 Å². The van der Waals surface area contributed by atoms with Crippen LogP contribution in [0, 0.1) is 6.92 Å². The number of hydrogen-bond acceptors (Lipinski definition) is 8. The van der Waals surface area contributed by atoms with Gasteiger partial charge in [0.1, 0.15) is 17.5 Å². The molecule has 2 heterocycles. The smallest absolute Gasteiger partial charge is 0.326 e. The molecule has 10 heteroatoms. The standard InChI is InChI=1S/C28H40N4O6/c1-17-11-20(14-31(6)26(17)34)25-30-22-12-19(9-10-23(22)32(25)21(15-36-7)16-37-8)13-29-24(18(2)33)27(35)38-28(3,4)5/h9-12,14,18,21,24,29,33H,13,15-16H2,1-8H3. The van der Waals surface area contributed by atoms with Crippen LogP contribution in [0.15, 0.2) is 35.3 Å². The summed E-state index contributed by atoms with van der Waals surface area (Å²) in [5.74, 6) is 0.186. The summed E-state index contributed by atoms with van der Waals surface area (Å²) in [4.78, 5) is 29.9. The first-order valence-electron chi connectivity index (χ1n) is 12.7. The summed E-state index contributed by atoms with van der Waals surface area (Å²) in [5, 5.41) is 13.3. The Morgan fingerprint density at radius 1 is 1.16 bits per heavy atom. The number of fused-ring (bicyclic) bond motifs is 1. The second-order valence-corrected chi connectivity index (χ2v) is 10.7. The molecule has 0 radical (unpaired) electrons. The number of carbonyl (C=O) groups is 1. The summed E-state index contributed by atoms with van der Waals surface area (Å²) in [6, 6.07) is 6.68. The SMILES string of the molecule is COCC(COC)n1c(-c2cc(C)c(=O)n(C)c2)nc2cc(CNC(C(=O)OC(C)(C)C)C(C)O)ccc21. The van der Waals surface area contributed by atoms with E-state index >= 15 is 0 Å². The van der Waals surface area contributed by atoms with E-state index in [1.807, 2.05) is 24.3 Å². The fraction of sp³-hybridized carbons (Fsp3) is 0.536. The molecule has 208 valence electrons. The highest BCUT2D eigenvalue weighted by Gasteiger charge is 2.29. The number of carbonyl (C=O) groups excluding carboxylic acids is 1. The van der Waals surface area contributed by atoms with Gasteiger partial charge in [-0.1, -0.05) is 6.07 Å². The highest BCUT2D eigenvalue weighted by Crippen LogP contribution is 2.30. The van der Waals surface area contributed by atoms with Crippen molar-refractivity contribution < 1.29 is 24.1 Å². The summed E-state index contributed by atoms with van der Waals surface area (Å²) in [5.41, 5.74) is 3.21. The van der Waals surface area contributed by atoms with Gasteiger partial charge in [0.2, 0.25) is 0 Å². The Morgan fingerprint density at radius 2 is 1.82 bits per heavy atom. The lowest BCUT2D eigenvalue weighted by atomic mass is 10.1. The minimum atomic E-state index is -0.934. The van der Waals surface area contributed by atoms with Crippen LogP contribution in [0.3, 0.4) is 0 Å². The third kappa shape index (κ3) is 6.87. The number of imidazole rings is 1. The van der Waals surface area contributed by atoms with Crippen molar-refractivity contribution in [3.63, 3.8) is 0 Å². The van der Waals surface area contributed by atoms with Crippen molar-refractivity contribution in [1.29, 1.82) is 0 Å². The minimum absolute atomic E-state index is 0.0623. The van der Waals surface area contributed by atoms with Crippen LogP contribution in [-0.2, 0) is 32.6 Å².